The van der Waals surface area contributed by atoms with Gasteiger partial charge in [-0.1, -0.05) is 41.4 Å². The number of ether oxygens (including phenoxy) is 1. The second-order valence-corrected chi connectivity index (χ2v) is 5.60. The van der Waals surface area contributed by atoms with Crippen LogP contribution in [0.5, 0.6) is 5.75 Å². The van der Waals surface area contributed by atoms with Crippen molar-refractivity contribution in [2.24, 2.45) is 0 Å². The Balaban J connectivity index is 1.61. The van der Waals surface area contributed by atoms with E-state index >= 15 is 0 Å². The fourth-order valence-electron chi connectivity index (χ4n) is 1.95. The molecule has 0 unspecified atom stereocenters. The lowest BCUT2D eigenvalue weighted by Crippen LogP contribution is -2.22. The molecular formula is C18H20ClNO2. The smallest absolute Gasteiger partial charge is 0.220 e. The van der Waals surface area contributed by atoms with Gasteiger partial charge in [0, 0.05) is 18.0 Å². The molecule has 0 saturated carbocycles. The number of amides is 1. The number of benzene rings is 2. The molecule has 1 N–H and O–H groups in total. The second-order valence-electron chi connectivity index (χ2n) is 5.17. The molecule has 0 bridgehead atoms. The van der Waals surface area contributed by atoms with Crippen LogP contribution >= 0.6 is 11.6 Å². The van der Waals surface area contributed by atoms with Crippen LogP contribution in [0.4, 0.5) is 0 Å². The maximum atomic E-state index is 11.7. The van der Waals surface area contributed by atoms with Gasteiger partial charge in [-0.3, -0.25) is 4.79 Å². The SMILES string of the molecule is Cc1ccc(OCCCC(=O)NCc2ccc(Cl)cc2)cc1. The first-order chi connectivity index (χ1) is 10.6. The van der Waals surface area contributed by atoms with Crippen LogP contribution in [-0.4, -0.2) is 12.5 Å². The van der Waals surface area contributed by atoms with Gasteiger partial charge in [0.2, 0.25) is 5.91 Å². The zero-order chi connectivity index (χ0) is 15.8. The lowest BCUT2D eigenvalue weighted by Gasteiger charge is -2.07. The molecule has 0 saturated heterocycles. The van der Waals surface area contributed by atoms with E-state index in [0.29, 0.717) is 31.0 Å². The Labute approximate surface area is 136 Å². The molecule has 0 heterocycles. The molecule has 0 spiro atoms. The monoisotopic (exact) mass is 317 g/mol. The number of hydrogen-bond donors (Lipinski definition) is 1. The fraction of sp³-hybridized carbons (Fsp3) is 0.278. The maximum absolute atomic E-state index is 11.7. The van der Waals surface area contributed by atoms with Crippen molar-refractivity contribution in [1.82, 2.24) is 5.32 Å². The minimum Gasteiger partial charge on any atom is -0.494 e. The molecule has 2 aromatic carbocycles. The molecule has 0 aliphatic carbocycles. The average molecular weight is 318 g/mol. The highest BCUT2D eigenvalue weighted by Gasteiger charge is 2.02. The van der Waals surface area contributed by atoms with Gasteiger partial charge >= 0.3 is 0 Å². The number of nitrogens with one attached hydrogen (secondary N) is 1. The predicted octanol–water partition coefficient (Wildman–Crippen LogP) is 4.12. The first kappa shape index (κ1) is 16.4. The number of halogens is 1. The highest BCUT2D eigenvalue weighted by Crippen LogP contribution is 2.12. The summed E-state index contributed by atoms with van der Waals surface area (Å²) in [6, 6.07) is 15.3. The lowest BCUT2D eigenvalue weighted by atomic mass is 10.2. The zero-order valence-corrected chi connectivity index (χ0v) is 13.4. The molecule has 0 atom stereocenters. The molecule has 0 aromatic heterocycles. The van der Waals surface area contributed by atoms with Gasteiger partial charge in [-0.05, 0) is 43.2 Å². The molecule has 116 valence electrons. The first-order valence-corrected chi connectivity index (χ1v) is 7.72. The largest absolute Gasteiger partial charge is 0.494 e. The Morgan fingerprint density at radius 3 is 2.45 bits per heavy atom. The summed E-state index contributed by atoms with van der Waals surface area (Å²) in [4.78, 5) is 11.7. The van der Waals surface area contributed by atoms with Crippen LogP contribution < -0.4 is 10.1 Å². The van der Waals surface area contributed by atoms with Crippen LogP contribution in [0.25, 0.3) is 0 Å². The van der Waals surface area contributed by atoms with Crippen LogP contribution in [0.1, 0.15) is 24.0 Å². The van der Waals surface area contributed by atoms with Crippen LogP contribution in [0.2, 0.25) is 5.02 Å². The van der Waals surface area contributed by atoms with Crippen molar-refractivity contribution in [3.63, 3.8) is 0 Å². The number of carbonyl (C=O) groups excluding carboxylic acids is 1. The highest BCUT2D eigenvalue weighted by atomic mass is 35.5. The summed E-state index contributed by atoms with van der Waals surface area (Å²) in [7, 11) is 0. The predicted molar refractivity (Wildman–Crippen MR) is 89.2 cm³/mol. The van der Waals surface area contributed by atoms with Crippen molar-refractivity contribution in [2.45, 2.75) is 26.3 Å². The Hall–Kier alpha value is -2.00. The summed E-state index contributed by atoms with van der Waals surface area (Å²) < 4.78 is 5.59. The van der Waals surface area contributed by atoms with Gasteiger partial charge in [0.1, 0.15) is 5.75 Å². The second kappa shape index (κ2) is 8.44. The van der Waals surface area contributed by atoms with Crippen molar-refractivity contribution < 1.29 is 9.53 Å². The van der Waals surface area contributed by atoms with Crippen LogP contribution in [0, 0.1) is 6.92 Å². The molecule has 3 nitrogen and oxygen atoms in total. The van der Waals surface area contributed by atoms with Gasteiger partial charge in [0.15, 0.2) is 0 Å². The van der Waals surface area contributed by atoms with Crippen molar-refractivity contribution in [1.29, 1.82) is 0 Å². The molecule has 22 heavy (non-hydrogen) atoms. The number of hydrogen-bond acceptors (Lipinski definition) is 2. The van der Waals surface area contributed by atoms with E-state index in [1.807, 2.05) is 55.5 Å². The molecule has 4 heteroatoms. The zero-order valence-electron chi connectivity index (χ0n) is 12.6. The third kappa shape index (κ3) is 5.78. The summed E-state index contributed by atoms with van der Waals surface area (Å²) >= 11 is 5.82. The summed E-state index contributed by atoms with van der Waals surface area (Å²) in [5.41, 5.74) is 2.24. The van der Waals surface area contributed by atoms with Gasteiger partial charge in [-0.15, -0.1) is 0 Å². The van der Waals surface area contributed by atoms with E-state index < -0.39 is 0 Å². The average Bonchev–Trinajstić information content (AvgIpc) is 2.53. The van der Waals surface area contributed by atoms with Gasteiger partial charge in [-0.2, -0.15) is 0 Å². The molecule has 1 amide bonds. The van der Waals surface area contributed by atoms with Crippen molar-refractivity contribution in [3.05, 3.63) is 64.7 Å². The van der Waals surface area contributed by atoms with E-state index in [1.165, 1.54) is 5.56 Å². The summed E-state index contributed by atoms with van der Waals surface area (Å²) in [5, 5.41) is 3.58. The minimum atomic E-state index is 0.0301. The number of aryl methyl sites for hydroxylation is 1. The summed E-state index contributed by atoms with van der Waals surface area (Å²) in [6.07, 6.45) is 1.15. The van der Waals surface area contributed by atoms with E-state index in [4.69, 9.17) is 16.3 Å². The number of rotatable bonds is 7. The molecule has 0 radical (unpaired) electrons. The first-order valence-electron chi connectivity index (χ1n) is 7.34. The third-order valence-corrected chi connectivity index (χ3v) is 3.49. The van der Waals surface area contributed by atoms with Gasteiger partial charge in [0.25, 0.3) is 0 Å². The van der Waals surface area contributed by atoms with Gasteiger partial charge < -0.3 is 10.1 Å². The van der Waals surface area contributed by atoms with Crippen LogP contribution in [0.15, 0.2) is 48.5 Å². The summed E-state index contributed by atoms with van der Waals surface area (Å²) in [5.74, 6) is 0.870. The molecule has 0 aliphatic rings. The van der Waals surface area contributed by atoms with E-state index in [1.54, 1.807) is 0 Å². The molecule has 0 fully saturated rings. The van der Waals surface area contributed by atoms with Gasteiger partial charge in [-0.25, -0.2) is 0 Å². The summed E-state index contributed by atoms with van der Waals surface area (Å²) in [6.45, 7) is 3.10. The Morgan fingerprint density at radius 1 is 1.09 bits per heavy atom. The van der Waals surface area contributed by atoms with Crippen molar-refractivity contribution >= 4 is 17.5 Å². The minimum absolute atomic E-state index is 0.0301. The van der Waals surface area contributed by atoms with Crippen molar-refractivity contribution in [2.75, 3.05) is 6.61 Å². The standard InChI is InChI=1S/C18H20ClNO2/c1-14-4-10-17(11-5-14)22-12-2-3-18(21)20-13-15-6-8-16(19)9-7-15/h4-11H,2-3,12-13H2,1H3,(H,20,21). The normalized spacial score (nSPS) is 10.3. The van der Waals surface area contributed by atoms with Gasteiger partial charge in [0.05, 0.1) is 6.61 Å². The Morgan fingerprint density at radius 2 is 1.77 bits per heavy atom. The van der Waals surface area contributed by atoms with Crippen LogP contribution in [-0.2, 0) is 11.3 Å². The maximum Gasteiger partial charge on any atom is 0.220 e. The highest BCUT2D eigenvalue weighted by molar-refractivity contribution is 6.30. The quantitative estimate of drug-likeness (QED) is 0.780. The van der Waals surface area contributed by atoms with E-state index in [0.717, 1.165) is 11.3 Å². The molecule has 2 rings (SSSR count). The Bertz CT molecular complexity index is 593. The molecule has 0 aliphatic heterocycles. The van der Waals surface area contributed by atoms with E-state index in [9.17, 15) is 4.79 Å². The van der Waals surface area contributed by atoms with E-state index in [2.05, 4.69) is 5.32 Å². The topological polar surface area (TPSA) is 38.3 Å². The van der Waals surface area contributed by atoms with Crippen molar-refractivity contribution in [3.8, 4) is 5.75 Å². The molecular weight excluding hydrogens is 298 g/mol. The van der Waals surface area contributed by atoms with E-state index in [-0.39, 0.29) is 5.91 Å². The fourth-order valence-corrected chi connectivity index (χ4v) is 2.07. The third-order valence-electron chi connectivity index (χ3n) is 3.24. The lowest BCUT2D eigenvalue weighted by molar-refractivity contribution is -0.121. The van der Waals surface area contributed by atoms with Crippen LogP contribution in [0.3, 0.4) is 0 Å². The number of carbonyl (C=O) groups is 1. The molecule has 2 aromatic rings. The Kier molecular flexibility index (Phi) is 6.28.